The molecule has 1 heterocycles. The summed E-state index contributed by atoms with van der Waals surface area (Å²) in [6.45, 7) is 1.77. The minimum absolute atomic E-state index is 0.0584. The summed E-state index contributed by atoms with van der Waals surface area (Å²) in [4.78, 5) is 13.5. The van der Waals surface area contributed by atoms with Crippen molar-refractivity contribution < 1.29 is 4.79 Å². The third kappa shape index (κ3) is 4.13. The molecule has 0 aromatic heterocycles. The molecule has 1 unspecified atom stereocenters. The van der Waals surface area contributed by atoms with Gasteiger partial charge < -0.3 is 10.6 Å². The molecule has 19 heavy (non-hydrogen) atoms. The van der Waals surface area contributed by atoms with Crippen LogP contribution in [0.2, 0.25) is 5.02 Å². The number of piperidine rings is 1. The van der Waals surface area contributed by atoms with E-state index in [9.17, 15) is 4.79 Å². The molecule has 1 aromatic rings. The zero-order valence-corrected chi connectivity index (χ0v) is 12.4. The minimum atomic E-state index is 0.0584. The lowest BCUT2D eigenvalue weighted by atomic mass is 10.1. The zero-order chi connectivity index (χ0) is 13.7. The van der Waals surface area contributed by atoms with Gasteiger partial charge >= 0.3 is 0 Å². The number of amides is 1. The lowest BCUT2D eigenvalue weighted by Gasteiger charge is -2.32. The van der Waals surface area contributed by atoms with E-state index in [-0.39, 0.29) is 12.5 Å². The first-order chi connectivity index (χ1) is 9.20. The second-order valence-corrected chi connectivity index (χ2v) is 6.41. The Morgan fingerprint density at radius 2 is 2.26 bits per heavy atom. The molecule has 0 spiro atoms. The number of nitrogens with zero attached hydrogens (tertiary/aromatic N) is 1. The number of rotatable bonds is 4. The Hall–Kier alpha value is -0.710. The zero-order valence-electron chi connectivity index (χ0n) is 10.8. The molecule has 5 heteroatoms. The average molecular weight is 299 g/mol. The van der Waals surface area contributed by atoms with Crippen molar-refractivity contribution in [1.82, 2.24) is 4.90 Å². The SMILES string of the molecule is NCC(=O)N1CCCC(SCc2ccccc2Cl)C1. The molecule has 1 aromatic carbocycles. The molecule has 3 nitrogen and oxygen atoms in total. The van der Waals surface area contributed by atoms with E-state index in [1.165, 1.54) is 0 Å². The second-order valence-electron chi connectivity index (χ2n) is 4.71. The van der Waals surface area contributed by atoms with Gasteiger partial charge in [-0.15, -0.1) is 0 Å². The van der Waals surface area contributed by atoms with Crippen LogP contribution < -0.4 is 5.73 Å². The predicted octanol–water partition coefficient (Wildman–Crippen LogP) is 2.52. The largest absolute Gasteiger partial charge is 0.340 e. The van der Waals surface area contributed by atoms with Crippen molar-refractivity contribution in [2.24, 2.45) is 5.73 Å². The maximum atomic E-state index is 11.6. The van der Waals surface area contributed by atoms with Crippen LogP contribution in [0.4, 0.5) is 0 Å². The van der Waals surface area contributed by atoms with Crippen LogP contribution in [0.1, 0.15) is 18.4 Å². The predicted molar refractivity (Wildman–Crippen MR) is 81.4 cm³/mol. The van der Waals surface area contributed by atoms with Crippen molar-refractivity contribution >= 4 is 29.3 Å². The van der Waals surface area contributed by atoms with Gasteiger partial charge in [0.25, 0.3) is 0 Å². The number of likely N-dealkylation sites (tertiary alicyclic amines) is 1. The topological polar surface area (TPSA) is 46.3 Å². The van der Waals surface area contributed by atoms with E-state index in [1.807, 2.05) is 34.9 Å². The maximum Gasteiger partial charge on any atom is 0.236 e. The summed E-state index contributed by atoms with van der Waals surface area (Å²) in [5.41, 5.74) is 6.58. The first kappa shape index (κ1) is 14.7. The molecule has 0 radical (unpaired) electrons. The second kappa shape index (κ2) is 7.17. The molecule has 1 aliphatic rings. The molecule has 104 valence electrons. The van der Waals surface area contributed by atoms with Gasteiger partial charge in [0.15, 0.2) is 0 Å². The van der Waals surface area contributed by atoms with Crippen molar-refractivity contribution in [2.45, 2.75) is 23.8 Å². The van der Waals surface area contributed by atoms with Crippen LogP contribution in [0.3, 0.4) is 0 Å². The van der Waals surface area contributed by atoms with E-state index in [0.29, 0.717) is 5.25 Å². The van der Waals surface area contributed by atoms with Crippen LogP contribution in [0, 0.1) is 0 Å². The Labute approximate surface area is 123 Å². The van der Waals surface area contributed by atoms with E-state index in [4.69, 9.17) is 17.3 Å². The van der Waals surface area contributed by atoms with Gasteiger partial charge in [-0.3, -0.25) is 4.79 Å². The van der Waals surface area contributed by atoms with E-state index in [1.54, 1.807) is 0 Å². The van der Waals surface area contributed by atoms with E-state index in [2.05, 4.69) is 6.07 Å². The third-order valence-corrected chi connectivity index (χ3v) is 5.04. The molecule has 0 aliphatic carbocycles. The van der Waals surface area contributed by atoms with Crippen molar-refractivity contribution in [3.63, 3.8) is 0 Å². The first-order valence-electron chi connectivity index (χ1n) is 6.53. The summed E-state index contributed by atoms with van der Waals surface area (Å²) < 4.78 is 0. The van der Waals surface area contributed by atoms with Crippen molar-refractivity contribution in [3.05, 3.63) is 34.9 Å². The van der Waals surface area contributed by atoms with E-state index >= 15 is 0 Å². The Balaban J connectivity index is 1.86. The molecule has 1 amide bonds. The van der Waals surface area contributed by atoms with Crippen LogP contribution in [0.5, 0.6) is 0 Å². The fraction of sp³-hybridized carbons (Fsp3) is 0.500. The first-order valence-corrected chi connectivity index (χ1v) is 7.96. The van der Waals surface area contributed by atoms with Gasteiger partial charge in [-0.05, 0) is 24.5 Å². The highest BCUT2D eigenvalue weighted by molar-refractivity contribution is 7.99. The van der Waals surface area contributed by atoms with Crippen LogP contribution in [0.25, 0.3) is 0 Å². The van der Waals surface area contributed by atoms with Gasteiger partial charge in [0, 0.05) is 29.1 Å². The highest BCUT2D eigenvalue weighted by Gasteiger charge is 2.23. The number of hydrogen-bond donors (Lipinski definition) is 1. The van der Waals surface area contributed by atoms with Crippen molar-refractivity contribution in [2.75, 3.05) is 19.6 Å². The van der Waals surface area contributed by atoms with Crippen LogP contribution in [-0.4, -0.2) is 35.7 Å². The molecule has 0 saturated carbocycles. The Bertz CT molecular complexity index is 441. The van der Waals surface area contributed by atoms with Crippen LogP contribution >= 0.6 is 23.4 Å². The number of thioether (sulfide) groups is 1. The smallest absolute Gasteiger partial charge is 0.236 e. The Morgan fingerprint density at radius 3 is 3.00 bits per heavy atom. The van der Waals surface area contributed by atoms with Crippen molar-refractivity contribution in [3.8, 4) is 0 Å². The maximum absolute atomic E-state index is 11.6. The van der Waals surface area contributed by atoms with Gasteiger partial charge in [-0.25, -0.2) is 0 Å². The van der Waals surface area contributed by atoms with E-state index < -0.39 is 0 Å². The summed E-state index contributed by atoms with van der Waals surface area (Å²) in [6.07, 6.45) is 2.22. The summed E-state index contributed by atoms with van der Waals surface area (Å²) in [5, 5.41) is 1.31. The van der Waals surface area contributed by atoms with Gasteiger partial charge in [-0.2, -0.15) is 11.8 Å². The van der Waals surface area contributed by atoms with Gasteiger partial charge in [-0.1, -0.05) is 29.8 Å². The summed E-state index contributed by atoms with van der Waals surface area (Å²) in [6, 6.07) is 7.93. The number of carbonyl (C=O) groups is 1. The number of hydrogen-bond acceptors (Lipinski definition) is 3. The number of benzene rings is 1. The molecule has 1 fully saturated rings. The molecular formula is C14H19ClN2OS. The molecular weight excluding hydrogens is 280 g/mol. The molecule has 2 N–H and O–H groups in total. The van der Waals surface area contributed by atoms with Crippen molar-refractivity contribution in [1.29, 1.82) is 0 Å². The fourth-order valence-electron chi connectivity index (χ4n) is 2.25. The van der Waals surface area contributed by atoms with E-state index in [0.717, 1.165) is 42.3 Å². The quantitative estimate of drug-likeness (QED) is 0.929. The normalized spacial score (nSPS) is 19.5. The average Bonchev–Trinajstić information content (AvgIpc) is 2.46. The molecule has 1 saturated heterocycles. The number of nitrogens with two attached hydrogens (primary N) is 1. The standard InChI is InChI=1S/C14H19ClN2OS/c15-13-6-2-1-4-11(13)10-19-12-5-3-7-17(9-12)14(18)8-16/h1-2,4,6,12H,3,5,7-10,16H2. The third-order valence-electron chi connectivity index (χ3n) is 3.34. The summed E-state index contributed by atoms with van der Waals surface area (Å²) in [7, 11) is 0. The van der Waals surface area contributed by atoms with Crippen LogP contribution in [-0.2, 0) is 10.5 Å². The number of halogens is 1. The Morgan fingerprint density at radius 1 is 1.47 bits per heavy atom. The van der Waals surface area contributed by atoms with Gasteiger partial charge in [0.2, 0.25) is 5.91 Å². The fourth-order valence-corrected chi connectivity index (χ4v) is 3.82. The molecule has 1 aliphatic heterocycles. The molecule has 2 rings (SSSR count). The van der Waals surface area contributed by atoms with Crippen LogP contribution in [0.15, 0.2) is 24.3 Å². The van der Waals surface area contributed by atoms with Gasteiger partial charge in [0.1, 0.15) is 0 Å². The summed E-state index contributed by atoms with van der Waals surface area (Å²) >= 11 is 8.03. The minimum Gasteiger partial charge on any atom is -0.340 e. The lowest BCUT2D eigenvalue weighted by molar-refractivity contribution is -0.130. The monoisotopic (exact) mass is 298 g/mol. The highest BCUT2D eigenvalue weighted by Crippen LogP contribution is 2.28. The molecule has 0 bridgehead atoms. The van der Waals surface area contributed by atoms with Gasteiger partial charge in [0.05, 0.1) is 6.54 Å². The number of carbonyl (C=O) groups excluding carboxylic acids is 1. The lowest BCUT2D eigenvalue weighted by Crippen LogP contribution is -2.43. The molecule has 1 atom stereocenters. The Kier molecular flexibility index (Phi) is 5.55. The summed E-state index contributed by atoms with van der Waals surface area (Å²) in [5.74, 6) is 0.956. The highest BCUT2D eigenvalue weighted by atomic mass is 35.5.